The number of hydrogen-bond acceptors (Lipinski definition) is 6. The Labute approximate surface area is 130 Å². The monoisotopic (exact) mass is 356 g/mol. The molecule has 1 N–H and O–H groups in total. The summed E-state index contributed by atoms with van der Waals surface area (Å²) in [4.78, 5) is 3.31. The van der Waals surface area contributed by atoms with Crippen molar-refractivity contribution in [2.75, 3.05) is 20.1 Å². The van der Waals surface area contributed by atoms with Crippen molar-refractivity contribution >= 4 is 27.3 Å². The fourth-order valence-electron chi connectivity index (χ4n) is 2.44. The molecule has 0 spiro atoms. The minimum Gasteiger partial charge on any atom is -0.419 e. The molecule has 2 aromatic heterocycles. The van der Waals surface area contributed by atoms with Gasteiger partial charge in [-0.25, -0.2) is 0 Å². The van der Waals surface area contributed by atoms with E-state index in [1.165, 1.54) is 12.8 Å². The fourth-order valence-corrected chi connectivity index (χ4v) is 3.74. The lowest BCUT2D eigenvalue weighted by Gasteiger charge is -2.30. The van der Waals surface area contributed by atoms with Crippen molar-refractivity contribution in [3.8, 4) is 10.8 Å². The zero-order valence-electron chi connectivity index (χ0n) is 11.3. The van der Waals surface area contributed by atoms with E-state index in [1.54, 1.807) is 11.3 Å². The Morgan fingerprint density at radius 1 is 1.40 bits per heavy atom. The number of aromatic nitrogens is 2. The molecule has 1 aliphatic heterocycles. The van der Waals surface area contributed by atoms with Gasteiger partial charge in [0.15, 0.2) is 0 Å². The second-order valence-corrected chi connectivity index (χ2v) is 7.46. The Kier molecular flexibility index (Phi) is 4.50. The number of thiophene rings is 1. The van der Waals surface area contributed by atoms with E-state index in [0.29, 0.717) is 24.4 Å². The normalized spacial score (nSPS) is 16.9. The van der Waals surface area contributed by atoms with Crippen molar-refractivity contribution in [1.82, 2.24) is 20.4 Å². The predicted molar refractivity (Wildman–Crippen MR) is 82.7 cm³/mol. The highest BCUT2D eigenvalue weighted by atomic mass is 79.9. The van der Waals surface area contributed by atoms with Crippen LogP contribution in [0.4, 0.5) is 0 Å². The average molecular weight is 357 g/mol. The number of piperidine rings is 1. The van der Waals surface area contributed by atoms with Crippen molar-refractivity contribution in [2.24, 2.45) is 0 Å². The van der Waals surface area contributed by atoms with Gasteiger partial charge < -0.3 is 9.73 Å². The van der Waals surface area contributed by atoms with E-state index in [2.05, 4.69) is 43.4 Å². The van der Waals surface area contributed by atoms with Gasteiger partial charge in [-0.05, 0) is 61.0 Å². The summed E-state index contributed by atoms with van der Waals surface area (Å²) in [6, 6.07) is 4.58. The first kappa shape index (κ1) is 14.2. The highest BCUT2D eigenvalue weighted by Gasteiger charge is 2.20. The molecule has 0 aromatic carbocycles. The molecule has 3 rings (SSSR count). The summed E-state index contributed by atoms with van der Waals surface area (Å²) in [6.07, 6.45) is 2.35. The van der Waals surface area contributed by atoms with Gasteiger partial charge in [-0.1, -0.05) is 0 Å². The van der Waals surface area contributed by atoms with Gasteiger partial charge in [-0.15, -0.1) is 21.5 Å². The lowest BCUT2D eigenvalue weighted by molar-refractivity contribution is 0.177. The fraction of sp³-hybridized carbons (Fsp3) is 0.538. The van der Waals surface area contributed by atoms with Crippen LogP contribution in [0.3, 0.4) is 0 Å². The van der Waals surface area contributed by atoms with Crippen LogP contribution in [0.2, 0.25) is 0 Å². The van der Waals surface area contributed by atoms with Crippen LogP contribution in [0.1, 0.15) is 18.7 Å². The third-order valence-electron chi connectivity index (χ3n) is 3.57. The molecule has 0 saturated carbocycles. The molecule has 1 aliphatic rings. The summed E-state index contributed by atoms with van der Waals surface area (Å²) in [5, 5.41) is 11.7. The molecule has 0 unspecified atom stereocenters. The van der Waals surface area contributed by atoms with Crippen LogP contribution < -0.4 is 5.32 Å². The Bertz CT molecular complexity index is 564. The maximum atomic E-state index is 5.75. The van der Waals surface area contributed by atoms with Crippen molar-refractivity contribution in [2.45, 2.75) is 25.4 Å². The molecule has 20 heavy (non-hydrogen) atoms. The van der Waals surface area contributed by atoms with Gasteiger partial charge in [0.05, 0.1) is 15.2 Å². The van der Waals surface area contributed by atoms with Gasteiger partial charge in [0, 0.05) is 6.04 Å². The molecule has 0 bridgehead atoms. The van der Waals surface area contributed by atoms with E-state index in [4.69, 9.17) is 4.42 Å². The Morgan fingerprint density at radius 2 is 2.20 bits per heavy atom. The molecule has 3 heterocycles. The average Bonchev–Trinajstić information content (AvgIpc) is 3.09. The van der Waals surface area contributed by atoms with Gasteiger partial charge in [0.25, 0.3) is 5.89 Å². The largest absolute Gasteiger partial charge is 0.419 e. The Hall–Kier alpha value is -0.760. The van der Waals surface area contributed by atoms with E-state index < -0.39 is 0 Å². The van der Waals surface area contributed by atoms with Crippen LogP contribution >= 0.6 is 27.3 Å². The van der Waals surface area contributed by atoms with E-state index in [1.807, 2.05) is 12.1 Å². The number of nitrogens with zero attached hydrogens (tertiary/aromatic N) is 3. The summed E-state index contributed by atoms with van der Waals surface area (Å²) < 4.78 is 6.82. The maximum Gasteiger partial charge on any atom is 0.257 e. The first-order valence-electron chi connectivity index (χ1n) is 6.71. The summed E-state index contributed by atoms with van der Waals surface area (Å²) in [5.41, 5.74) is 0. The molecule has 2 aromatic rings. The summed E-state index contributed by atoms with van der Waals surface area (Å²) >= 11 is 5.04. The number of hydrogen-bond donors (Lipinski definition) is 1. The van der Waals surface area contributed by atoms with E-state index in [9.17, 15) is 0 Å². The molecule has 0 atom stereocenters. The molecular weight excluding hydrogens is 340 g/mol. The quantitative estimate of drug-likeness (QED) is 0.912. The topological polar surface area (TPSA) is 54.2 Å². The standard InChI is InChI=1S/C13H17BrN4OS/c1-18(9-4-6-15-7-5-9)8-12-16-17-13(19-12)10-2-3-11(14)20-10/h2-3,9,15H,4-8H2,1H3. The number of nitrogens with one attached hydrogen (secondary N) is 1. The lowest BCUT2D eigenvalue weighted by Crippen LogP contribution is -2.40. The van der Waals surface area contributed by atoms with Crippen LogP contribution in [0.15, 0.2) is 20.3 Å². The van der Waals surface area contributed by atoms with Gasteiger partial charge in [0.2, 0.25) is 5.89 Å². The molecule has 0 aliphatic carbocycles. The van der Waals surface area contributed by atoms with Crippen molar-refractivity contribution in [3.63, 3.8) is 0 Å². The maximum absolute atomic E-state index is 5.75. The molecule has 108 valence electrons. The van der Waals surface area contributed by atoms with E-state index in [0.717, 1.165) is 21.8 Å². The summed E-state index contributed by atoms with van der Waals surface area (Å²) in [6.45, 7) is 2.89. The minimum atomic E-state index is 0.600. The van der Waals surface area contributed by atoms with Crippen molar-refractivity contribution in [3.05, 3.63) is 21.8 Å². The molecule has 0 radical (unpaired) electrons. The highest BCUT2D eigenvalue weighted by Crippen LogP contribution is 2.30. The van der Waals surface area contributed by atoms with Crippen molar-refractivity contribution in [1.29, 1.82) is 0 Å². The first-order valence-corrected chi connectivity index (χ1v) is 8.32. The minimum absolute atomic E-state index is 0.600. The Morgan fingerprint density at radius 3 is 2.90 bits per heavy atom. The van der Waals surface area contributed by atoms with Gasteiger partial charge in [-0.2, -0.15) is 0 Å². The Balaban J connectivity index is 1.64. The SMILES string of the molecule is CN(Cc1nnc(-c2ccc(Br)s2)o1)C1CCNCC1. The van der Waals surface area contributed by atoms with Gasteiger partial charge in [0.1, 0.15) is 0 Å². The lowest BCUT2D eigenvalue weighted by atomic mass is 10.1. The summed E-state index contributed by atoms with van der Waals surface area (Å²) in [5.74, 6) is 1.29. The smallest absolute Gasteiger partial charge is 0.257 e. The predicted octanol–water partition coefficient (Wildman–Crippen LogP) is 2.74. The first-order chi connectivity index (χ1) is 9.72. The van der Waals surface area contributed by atoms with E-state index >= 15 is 0 Å². The molecule has 7 heteroatoms. The molecule has 0 amide bonds. The zero-order valence-corrected chi connectivity index (χ0v) is 13.7. The number of halogens is 1. The van der Waals surface area contributed by atoms with Crippen LogP contribution in [0.25, 0.3) is 10.8 Å². The van der Waals surface area contributed by atoms with Crippen LogP contribution in [-0.4, -0.2) is 41.3 Å². The second-order valence-electron chi connectivity index (χ2n) is 5.00. The molecular formula is C13H17BrN4OS. The third-order valence-corrected chi connectivity index (χ3v) is 5.18. The molecule has 1 saturated heterocycles. The highest BCUT2D eigenvalue weighted by molar-refractivity contribution is 9.11. The van der Waals surface area contributed by atoms with Gasteiger partial charge >= 0.3 is 0 Å². The van der Waals surface area contributed by atoms with Gasteiger partial charge in [-0.3, -0.25) is 4.90 Å². The van der Waals surface area contributed by atoms with Crippen LogP contribution in [-0.2, 0) is 6.54 Å². The van der Waals surface area contributed by atoms with Crippen molar-refractivity contribution < 1.29 is 4.42 Å². The summed E-state index contributed by atoms with van der Waals surface area (Å²) in [7, 11) is 2.13. The second kappa shape index (κ2) is 6.34. The van der Waals surface area contributed by atoms with Crippen LogP contribution in [0.5, 0.6) is 0 Å². The molecule has 1 fully saturated rings. The number of rotatable bonds is 4. The van der Waals surface area contributed by atoms with E-state index in [-0.39, 0.29) is 0 Å². The van der Waals surface area contributed by atoms with Crippen LogP contribution in [0, 0.1) is 0 Å². The zero-order chi connectivity index (χ0) is 13.9. The third kappa shape index (κ3) is 3.28. The molecule has 5 nitrogen and oxygen atoms in total.